The van der Waals surface area contributed by atoms with Gasteiger partial charge in [0.1, 0.15) is 23.9 Å². The first-order chi connectivity index (χ1) is 11.9. The minimum atomic E-state index is -1.29. The summed E-state index contributed by atoms with van der Waals surface area (Å²) in [5.74, 6) is -1.28. The Kier molecular flexibility index (Phi) is 4.74. The van der Waals surface area contributed by atoms with Crippen LogP contribution in [0.1, 0.15) is 6.92 Å². The Balaban J connectivity index is 1.83. The molecule has 0 spiro atoms. The lowest BCUT2D eigenvalue weighted by Crippen LogP contribution is -2.74. The summed E-state index contributed by atoms with van der Waals surface area (Å²) in [4.78, 5) is 44.1. The molecule has 2 amide bonds. The van der Waals surface area contributed by atoms with Gasteiger partial charge in [-0.1, -0.05) is 5.16 Å². The minimum Gasteiger partial charge on any atom is -0.480 e. The summed E-state index contributed by atoms with van der Waals surface area (Å²) in [5, 5.41) is 15.5. The van der Waals surface area contributed by atoms with E-state index < -0.39 is 17.4 Å². The minimum absolute atomic E-state index is 0.0123. The van der Waals surface area contributed by atoms with E-state index in [-0.39, 0.29) is 29.5 Å². The molecular weight excluding hydrogens is 366 g/mol. The summed E-state index contributed by atoms with van der Waals surface area (Å²) >= 11 is 2.73. The van der Waals surface area contributed by atoms with Crippen molar-refractivity contribution in [3.63, 3.8) is 0 Å². The summed E-state index contributed by atoms with van der Waals surface area (Å²) in [7, 11) is 1.33. The third-order valence-corrected chi connectivity index (χ3v) is 6.67. The predicted molar refractivity (Wildman–Crippen MR) is 94.8 cm³/mol. The van der Waals surface area contributed by atoms with Crippen molar-refractivity contribution in [3.8, 4) is 0 Å². The number of amides is 2. The lowest BCUT2D eigenvalue weighted by molar-refractivity contribution is -0.153. The molecule has 1 N–H and O–H groups in total. The van der Waals surface area contributed by atoms with Gasteiger partial charge in [0.25, 0.3) is 0 Å². The lowest BCUT2D eigenvalue weighted by atomic mass is 9.88. The van der Waals surface area contributed by atoms with Crippen LogP contribution in [0.15, 0.2) is 22.7 Å². The summed E-state index contributed by atoms with van der Waals surface area (Å²) in [6.07, 6.45) is 1.24. The molecule has 0 radical (unpaired) electrons. The number of carbonyl (C=O) groups is 3. The summed E-state index contributed by atoms with van der Waals surface area (Å²) in [6.45, 7) is 1.44. The number of carbonyl (C=O) groups excluding carboxylic acids is 2. The van der Waals surface area contributed by atoms with Gasteiger partial charge < -0.3 is 14.8 Å². The number of fused-ring (bicyclic) bond motifs is 1. The number of aliphatic carboxylic acids is 1. The number of β-lactam (4-membered cyclic amide) rings is 1. The topological polar surface area (TPSA) is 99.5 Å². The molecule has 2 aliphatic rings. The molecule has 2 unspecified atom stereocenters. The van der Waals surface area contributed by atoms with E-state index in [1.54, 1.807) is 6.07 Å². The maximum Gasteiger partial charge on any atom is 0.317 e. The van der Waals surface area contributed by atoms with E-state index in [0.717, 1.165) is 0 Å². The van der Waals surface area contributed by atoms with E-state index in [2.05, 4.69) is 9.99 Å². The molecule has 2 fully saturated rings. The van der Waals surface area contributed by atoms with E-state index in [1.807, 2.05) is 11.4 Å². The highest BCUT2D eigenvalue weighted by molar-refractivity contribution is 8.00. The van der Waals surface area contributed by atoms with Gasteiger partial charge in [-0.05, 0) is 17.5 Å². The molecule has 1 aromatic rings. The second-order valence-electron chi connectivity index (χ2n) is 5.83. The Morgan fingerprint density at radius 1 is 1.56 bits per heavy atom. The van der Waals surface area contributed by atoms with Gasteiger partial charge in [0, 0.05) is 19.2 Å². The molecular formula is C15H17N3O5S2. The van der Waals surface area contributed by atoms with Gasteiger partial charge in [-0.15, -0.1) is 23.1 Å². The van der Waals surface area contributed by atoms with Gasteiger partial charge in [-0.3, -0.25) is 19.3 Å². The number of carboxylic acid groups (broad SMARTS) is 1. The SMILES string of the molecule is CON=CC1(C(=O)O)CS[C@@H]2C(N(C(C)=O)c3cccs3)C(=O)N2C1. The van der Waals surface area contributed by atoms with Crippen LogP contribution in [0.5, 0.6) is 0 Å². The van der Waals surface area contributed by atoms with Gasteiger partial charge in [-0.2, -0.15) is 0 Å². The highest BCUT2D eigenvalue weighted by Gasteiger charge is 2.59. The van der Waals surface area contributed by atoms with Crippen molar-refractivity contribution in [3.05, 3.63) is 17.5 Å². The van der Waals surface area contributed by atoms with Crippen LogP contribution < -0.4 is 4.90 Å². The van der Waals surface area contributed by atoms with Crippen LogP contribution in [-0.2, 0) is 19.2 Å². The number of thiophene rings is 1. The number of hydrogen-bond donors (Lipinski definition) is 1. The van der Waals surface area contributed by atoms with Crippen LogP contribution in [0, 0.1) is 5.41 Å². The largest absolute Gasteiger partial charge is 0.480 e. The first-order valence-corrected chi connectivity index (χ1v) is 9.40. The maximum atomic E-state index is 12.7. The van der Waals surface area contributed by atoms with Crippen molar-refractivity contribution in [1.29, 1.82) is 0 Å². The summed E-state index contributed by atoms with van der Waals surface area (Å²) in [6, 6.07) is 3.01. The number of rotatable bonds is 5. The lowest BCUT2D eigenvalue weighted by Gasteiger charge is -2.55. The molecule has 3 atom stereocenters. The Hall–Kier alpha value is -2.07. The second kappa shape index (κ2) is 6.68. The number of oxime groups is 1. The first kappa shape index (κ1) is 17.7. The van der Waals surface area contributed by atoms with Crippen LogP contribution in [0.3, 0.4) is 0 Å². The van der Waals surface area contributed by atoms with E-state index in [0.29, 0.717) is 5.00 Å². The Labute approximate surface area is 152 Å². The van der Waals surface area contributed by atoms with E-state index in [4.69, 9.17) is 0 Å². The predicted octanol–water partition coefficient (Wildman–Crippen LogP) is 1.09. The number of carboxylic acids is 1. The van der Waals surface area contributed by atoms with Crippen LogP contribution >= 0.6 is 23.1 Å². The highest BCUT2D eigenvalue weighted by atomic mass is 32.2. The molecule has 134 valence electrons. The third-order valence-electron chi connectivity index (χ3n) is 4.27. The summed E-state index contributed by atoms with van der Waals surface area (Å²) < 4.78 is 0. The smallest absolute Gasteiger partial charge is 0.317 e. The van der Waals surface area contributed by atoms with Crippen molar-refractivity contribution in [2.45, 2.75) is 18.3 Å². The second-order valence-corrected chi connectivity index (χ2v) is 7.86. The fraction of sp³-hybridized carbons (Fsp3) is 0.467. The molecule has 0 saturated carbocycles. The molecule has 25 heavy (non-hydrogen) atoms. The van der Waals surface area contributed by atoms with Crippen molar-refractivity contribution in [2.75, 3.05) is 24.3 Å². The van der Waals surface area contributed by atoms with E-state index in [9.17, 15) is 19.5 Å². The quantitative estimate of drug-likeness (QED) is 0.464. The van der Waals surface area contributed by atoms with Crippen LogP contribution in [0.2, 0.25) is 0 Å². The molecule has 0 aromatic carbocycles. The Bertz CT molecular complexity index is 723. The number of anilines is 1. The van der Waals surface area contributed by atoms with Crippen LogP contribution in [0.25, 0.3) is 0 Å². The average Bonchev–Trinajstić information content (AvgIpc) is 3.10. The monoisotopic (exact) mass is 383 g/mol. The van der Waals surface area contributed by atoms with Gasteiger partial charge in [-0.25, -0.2) is 0 Å². The van der Waals surface area contributed by atoms with Gasteiger partial charge in [0.15, 0.2) is 0 Å². The standard InChI is InChI=1S/C15H17N3O5S2/c1-9(19)18(10-4-3-5-24-10)11-12(20)17-7-15(14(21)22,6-16-23-2)8-25-13(11)17/h3-6,11,13H,7-8H2,1-2H3,(H,21,22)/t11?,13-,15?/m1/s1. The van der Waals surface area contributed by atoms with Crippen LogP contribution in [0.4, 0.5) is 5.00 Å². The molecule has 8 nitrogen and oxygen atoms in total. The van der Waals surface area contributed by atoms with Crippen molar-refractivity contribution >= 4 is 52.1 Å². The van der Waals surface area contributed by atoms with Crippen LogP contribution in [-0.4, -0.2) is 64.8 Å². The van der Waals surface area contributed by atoms with Crippen molar-refractivity contribution < 1.29 is 24.3 Å². The first-order valence-electron chi connectivity index (χ1n) is 7.48. The zero-order chi connectivity index (χ0) is 18.2. The van der Waals surface area contributed by atoms with Gasteiger partial charge >= 0.3 is 5.97 Å². The number of hydrogen-bond acceptors (Lipinski definition) is 7. The normalized spacial score (nSPS) is 28.4. The molecule has 3 rings (SSSR count). The maximum absolute atomic E-state index is 12.7. The molecule has 10 heteroatoms. The fourth-order valence-corrected chi connectivity index (χ4v) is 5.33. The zero-order valence-corrected chi connectivity index (χ0v) is 15.2. The Morgan fingerprint density at radius 3 is 2.88 bits per heavy atom. The third kappa shape index (κ3) is 2.89. The molecule has 0 bridgehead atoms. The summed E-state index contributed by atoms with van der Waals surface area (Å²) in [5.41, 5.74) is -1.29. The molecule has 1 aromatic heterocycles. The zero-order valence-electron chi connectivity index (χ0n) is 13.6. The van der Waals surface area contributed by atoms with E-state index >= 15 is 0 Å². The fourth-order valence-electron chi connectivity index (χ4n) is 2.99. The molecule has 2 aliphatic heterocycles. The van der Waals surface area contributed by atoms with E-state index in [1.165, 1.54) is 53.1 Å². The van der Waals surface area contributed by atoms with Crippen molar-refractivity contribution in [1.82, 2.24) is 4.90 Å². The average molecular weight is 383 g/mol. The van der Waals surface area contributed by atoms with Crippen molar-refractivity contribution in [2.24, 2.45) is 10.6 Å². The Morgan fingerprint density at radius 2 is 2.32 bits per heavy atom. The molecule has 2 saturated heterocycles. The number of nitrogens with zero attached hydrogens (tertiary/aromatic N) is 3. The molecule has 0 aliphatic carbocycles. The van der Waals surface area contributed by atoms with Gasteiger partial charge in [0.2, 0.25) is 11.8 Å². The molecule has 3 heterocycles. The highest BCUT2D eigenvalue weighted by Crippen LogP contribution is 2.44. The number of thioether (sulfide) groups is 1. The van der Waals surface area contributed by atoms with Gasteiger partial charge in [0.05, 0.1) is 11.2 Å².